The zero-order chi connectivity index (χ0) is 16.8. The quantitative estimate of drug-likeness (QED) is 0.379. The Hall–Kier alpha value is -1.84. The molecule has 2 aliphatic rings. The summed E-state index contributed by atoms with van der Waals surface area (Å²) in [4.78, 5) is 2.86. The second-order valence-electron chi connectivity index (χ2n) is 6.90. The van der Waals surface area contributed by atoms with Gasteiger partial charge in [0.1, 0.15) is 5.75 Å². The molecule has 0 unspecified atom stereocenters. The molecule has 0 N–H and O–H groups in total. The monoisotopic (exact) mass is 393 g/mol. The molecular formula is C22H20BrNO. The zero-order valence-electron chi connectivity index (χ0n) is 13.9. The maximum atomic E-state index is 6.46. The number of halogens is 1. The topological polar surface area (TPSA) is 12.5 Å². The Kier molecular flexibility index (Phi) is 3.79. The summed E-state index contributed by atoms with van der Waals surface area (Å²) >= 11 is 3.93. The van der Waals surface area contributed by atoms with Crippen LogP contribution >= 0.6 is 15.9 Å². The molecule has 5 rings (SSSR count). The van der Waals surface area contributed by atoms with E-state index >= 15 is 0 Å². The molecule has 25 heavy (non-hydrogen) atoms. The van der Waals surface area contributed by atoms with Gasteiger partial charge in [-0.15, -0.1) is 0 Å². The summed E-state index contributed by atoms with van der Waals surface area (Å²) in [6.07, 6.45) is 3.57. The van der Waals surface area contributed by atoms with Crippen LogP contribution in [0.5, 0.6) is 5.75 Å². The Labute approximate surface area is 156 Å². The first-order valence-electron chi connectivity index (χ1n) is 8.98. The molecule has 0 saturated carbocycles. The number of benzene rings is 3. The molecule has 3 atom stereocenters. The number of alkyl halides is 1. The minimum atomic E-state index is 0.136. The lowest BCUT2D eigenvalue weighted by molar-refractivity contribution is -0.0493. The van der Waals surface area contributed by atoms with E-state index in [0.29, 0.717) is 4.95 Å². The van der Waals surface area contributed by atoms with E-state index in [2.05, 4.69) is 87.6 Å². The third-order valence-corrected chi connectivity index (χ3v) is 6.36. The van der Waals surface area contributed by atoms with Crippen LogP contribution in [0.15, 0.2) is 66.7 Å². The number of rotatable bonds is 1. The van der Waals surface area contributed by atoms with Crippen LogP contribution in [0.2, 0.25) is 0 Å². The highest BCUT2D eigenvalue weighted by Crippen LogP contribution is 2.48. The van der Waals surface area contributed by atoms with Crippen molar-refractivity contribution in [1.82, 2.24) is 4.90 Å². The van der Waals surface area contributed by atoms with Gasteiger partial charge in [-0.3, -0.25) is 0 Å². The van der Waals surface area contributed by atoms with Crippen LogP contribution in [0.1, 0.15) is 36.4 Å². The second kappa shape index (κ2) is 6.15. The van der Waals surface area contributed by atoms with Crippen molar-refractivity contribution >= 4 is 26.7 Å². The van der Waals surface area contributed by atoms with Gasteiger partial charge in [0.2, 0.25) is 0 Å². The zero-order valence-corrected chi connectivity index (χ0v) is 15.5. The number of piperidine rings is 1. The van der Waals surface area contributed by atoms with E-state index in [1.54, 1.807) is 0 Å². The third-order valence-electron chi connectivity index (χ3n) is 5.43. The van der Waals surface area contributed by atoms with Gasteiger partial charge in [0.25, 0.3) is 0 Å². The molecule has 0 bridgehead atoms. The van der Waals surface area contributed by atoms with Gasteiger partial charge in [0.15, 0.2) is 6.23 Å². The SMILES string of the molecule is Br[C@H]1CCC[C@@H]2Oc3ccc4ccccc4c3[C@@H](c3ccccc3)N21. The summed E-state index contributed by atoms with van der Waals surface area (Å²) < 4.78 is 6.46. The molecule has 0 aromatic heterocycles. The number of hydrogen-bond donors (Lipinski definition) is 0. The first-order valence-corrected chi connectivity index (χ1v) is 9.89. The molecule has 3 aromatic rings. The normalized spacial score (nSPS) is 25.9. The van der Waals surface area contributed by atoms with Crippen LogP contribution < -0.4 is 4.74 Å². The van der Waals surface area contributed by atoms with Crippen molar-refractivity contribution in [3.63, 3.8) is 0 Å². The summed E-state index contributed by atoms with van der Waals surface area (Å²) in [6.45, 7) is 0. The standard InChI is InChI=1S/C22H20BrNO/c23-19-11-6-12-20-24(19)22(16-8-2-1-3-9-16)21-17-10-5-4-7-15(17)13-14-18(21)25-20/h1-5,7-10,13-14,19-20,22H,6,11-12H2/t19-,20+,22-/m1/s1. The van der Waals surface area contributed by atoms with E-state index in [4.69, 9.17) is 4.74 Å². The summed E-state index contributed by atoms with van der Waals surface area (Å²) in [5.41, 5.74) is 2.63. The highest BCUT2D eigenvalue weighted by Gasteiger charge is 2.42. The van der Waals surface area contributed by atoms with Gasteiger partial charge >= 0.3 is 0 Å². The van der Waals surface area contributed by atoms with Gasteiger partial charge in [-0.05, 0) is 41.7 Å². The fraction of sp³-hybridized carbons (Fsp3) is 0.273. The Morgan fingerprint density at radius 1 is 0.880 bits per heavy atom. The number of nitrogens with zero attached hydrogens (tertiary/aromatic N) is 1. The average Bonchev–Trinajstić information content (AvgIpc) is 2.67. The first kappa shape index (κ1) is 15.4. The Bertz CT molecular complexity index is 910. The van der Waals surface area contributed by atoms with Gasteiger partial charge in [0, 0.05) is 5.56 Å². The van der Waals surface area contributed by atoms with Crippen molar-refractivity contribution in [2.75, 3.05) is 0 Å². The molecule has 3 aromatic carbocycles. The Morgan fingerprint density at radius 3 is 2.56 bits per heavy atom. The third kappa shape index (κ3) is 2.49. The van der Waals surface area contributed by atoms with Gasteiger partial charge in [-0.1, -0.05) is 76.6 Å². The molecule has 0 aliphatic carbocycles. The molecule has 3 heteroatoms. The lowest BCUT2D eigenvalue weighted by Crippen LogP contribution is -2.51. The molecule has 126 valence electrons. The van der Waals surface area contributed by atoms with Crippen LogP contribution in [0.3, 0.4) is 0 Å². The van der Waals surface area contributed by atoms with Crippen LogP contribution in [0.4, 0.5) is 0 Å². The number of ether oxygens (including phenoxy) is 1. The van der Waals surface area contributed by atoms with E-state index in [-0.39, 0.29) is 12.3 Å². The smallest absolute Gasteiger partial charge is 0.154 e. The predicted octanol–water partition coefficient (Wildman–Crippen LogP) is 5.85. The lowest BCUT2D eigenvalue weighted by atomic mass is 9.88. The lowest BCUT2D eigenvalue weighted by Gasteiger charge is -2.48. The summed E-state index contributed by atoms with van der Waals surface area (Å²) in [6, 6.07) is 24.0. The van der Waals surface area contributed by atoms with Crippen molar-refractivity contribution in [2.24, 2.45) is 0 Å². The van der Waals surface area contributed by atoms with Crippen molar-refractivity contribution in [3.05, 3.63) is 77.9 Å². The molecule has 2 aliphatic heterocycles. The Morgan fingerprint density at radius 2 is 1.68 bits per heavy atom. The largest absolute Gasteiger partial charge is 0.475 e. The fourth-order valence-electron chi connectivity index (χ4n) is 4.32. The molecule has 0 amide bonds. The molecule has 0 radical (unpaired) electrons. The number of hydrogen-bond acceptors (Lipinski definition) is 2. The molecule has 1 fully saturated rings. The van der Waals surface area contributed by atoms with E-state index in [0.717, 1.165) is 18.6 Å². The maximum Gasteiger partial charge on any atom is 0.154 e. The van der Waals surface area contributed by atoms with Crippen LogP contribution in [-0.2, 0) is 0 Å². The van der Waals surface area contributed by atoms with E-state index < -0.39 is 0 Å². The van der Waals surface area contributed by atoms with Crippen molar-refractivity contribution < 1.29 is 4.74 Å². The molecule has 2 heterocycles. The highest BCUT2D eigenvalue weighted by atomic mass is 79.9. The second-order valence-corrected chi connectivity index (χ2v) is 7.95. The van der Waals surface area contributed by atoms with Crippen molar-refractivity contribution in [3.8, 4) is 5.75 Å². The minimum Gasteiger partial charge on any atom is -0.475 e. The van der Waals surface area contributed by atoms with Gasteiger partial charge in [-0.25, -0.2) is 4.90 Å². The highest BCUT2D eigenvalue weighted by molar-refractivity contribution is 9.09. The molecule has 2 nitrogen and oxygen atoms in total. The van der Waals surface area contributed by atoms with Gasteiger partial charge in [-0.2, -0.15) is 0 Å². The average molecular weight is 394 g/mol. The molecular weight excluding hydrogens is 374 g/mol. The van der Waals surface area contributed by atoms with Crippen molar-refractivity contribution in [2.45, 2.75) is 36.5 Å². The van der Waals surface area contributed by atoms with Gasteiger partial charge < -0.3 is 4.74 Å². The van der Waals surface area contributed by atoms with Crippen LogP contribution in [-0.4, -0.2) is 16.1 Å². The molecule has 0 spiro atoms. The van der Waals surface area contributed by atoms with Crippen LogP contribution in [0.25, 0.3) is 10.8 Å². The summed E-state index contributed by atoms with van der Waals surface area (Å²) in [5.74, 6) is 1.04. The maximum absolute atomic E-state index is 6.46. The van der Waals surface area contributed by atoms with Gasteiger partial charge in [0.05, 0.1) is 11.0 Å². The Balaban J connectivity index is 1.79. The minimum absolute atomic E-state index is 0.136. The summed E-state index contributed by atoms with van der Waals surface area (Å²) in [5, 5.41) is 2.56. The number of fused-ring (bicyclic) bond motifs is 4. The van der Waals surface area contributed by atoms with Crippen LogP contribution in [0, 0.1) is 0 Å². The molecule has 1 saturated heterocycles. The van der Waals surface area contributed by atoms with E-state index in [1.807, 2.05) is 0 Å². The predicted molar refractivity (Wildman–Crippen MR) is 105 cm³/mol. The first-order chi connectivity index (χ1) is 12.3. The summed E-state index contributed by atoms with van der Waals surface area (Å²) in [7, 11) is 0. The fourth-order valence-corrected chi connectivity index (χ4v) is 5.14. The van der Waals surface area contributed by atoms with Crippen molar-refractivity contribution in [1.29, 1.82) is 0 Å². The van der Waals surface area contributed by atoms with E-state index in [1.165, 1.54) is 28.3 Å². The van der Waals surface area contributed by atoms with E-state index in [9.17, 15) is 0 Å².